The van der Waals surface area contributed by atoms with Gasteiger partial charge in [0.25, 0.3) is 0 Å². The van der Waals surface area contributed by atoms with Crippen LogP contribution in [0.5, 0.6) is 0 Å². The van der Waals surface area contributed by atoms with E-state index in [-0.39, 0.29) is 18.1 Å². The van der Waals surface area contributed by atoms with Gasteiger partial charge in [0.05, 0.1) is 11.8 Å². The van der Waals surface area contributed by atoms with Crippen LogP contribution >= 0.6 is 12.6 Å². The lowest BCUT2D eigenvalue weighted by Gasteiger charge is -2.17. The average Bonchev–Trinajstić information content (AvgIpc) is 2.60. The van der Waals surface area contributed by atoms with Gasteiger partial charge in [0, 0.05) is 0 Å². The number of benzene rings is 2. The fraction of sp³-hybridized carbons (Fsp3) is 0.222. The summed E-state index contributed by atoms with van der Waals surface area (Å²) in [6, 6.07) is 18.3. The second kappa shape index (κ2) is 9.00. The second-order valence-corrected chi connectivity index (χ2v) is 5.39. The fourth-order valence-corrected chi connectivity index (χ4v) is 2.33. The van der Waals surface area contributed by atoms with Gasteiger partial charge in [0.15, 0.2) is 5.78 Å². The average molecular weight is 329 g/mol. The highest BCUT2D eigenvalue weighted by atomic mass is 32.1. The van der Waals surface area contributed by atoms with Crippen molar-refractivity contribution < 1.29 is 14.3 Å². The standard InChI is InChI=1S/C18H19NO3S/c20-17(13-23)16(11-14-7-3-1-4-8-14)19-18(21)22-12-15-9-5-2-6-10-15/h1-10,16,23H,11-13H2,(H,19,21)/t16-/m0/s1. The number of hydrogen-bond acceptors (Lipinski definition) is 4. The van der Waals surface area contributed by atoms with Crippen molar-refractivity contribution >= 4 is 24.5 Å². The van der Waals surface area contributed by atoms with Crippen molar-refractivity contribution in [2.75, 3.05) is 5.75 Å². The molecule has 0 unspecified atom stereocenters. The second-order valence-electron chi connectivity index (χ2n) is 5.07. The molecule has 0 fully saturated rings. The Hall–Kier alpha value is -2.27. The van der Waals surface area contributed by atoms with E-state index in [0.29, 0.717) is 6.42 Å². The van der Waals surface area contributed by atoms with E-state index in [9.17, 15) is 9.59 Å². The molecule has 2 aromatic carbocycles. The molecule has 5 heteroatoms. The molecule has 0 spiro atoms. The Labute approximate surface area is 141 Å². The van der Waals surface area contributed by atoms with E-state index in [1.165, 1.54) is 0 Å². The van der Waals surface area contributed by atoms with Crippen LogP contribution in [-0.2, 0) is 22.6 Å². The third kappa shape index (κ3) is 5.79. The fourth-order valence-electron chi connectivity index (χ4n) is 2.11. The summed E-state index contributed by atoms with van der Waals surface area (Å²) in [6.07, 6.45) is -0.189. The van der Waals surface area contributed by atoms with Crippen LogP contribution in [0.3, 0.4) is 0 Å². The van der Waals surface area contributed by atoms with E-state index < -0.39 is 12.1 Å². The number of carbonyl (C=O) groups is 2. The molecule has 120 valence electrons. The Morgan fingerprint density at radius 2 is 1.52 bits per heavy atom. The molecular formula is C18H19NO3S. The van der Waals surface area contributed by atoms with Gasteiger partial charge in [-0.2, -0.15) is 12.6 Å². The normalized spacial score (nSPS) is 11.5. The number of ether oxygens (including phenoxy) is 1. The highest BCUT2D eigenvalue weighted by Crippen LogP contribution is 2.06. The summed E-state index contributed by atoms with van der Waals surface area (Å²) in [7, 11) is 0. The number of hydrogen-bond donors (Lipinski definition) is 2. The first kappa shape index (κ1) is 17.1. The highest BCUT2D eigenvalue weighted by Gasteiger charge is 2.20. The molecule has 4 nitrogen and oxygen atoms in total. The molecular weight excluding hydrogens is 310 g/mol. The topological polar surface area (TPSA) is 55.4 Å². The van der Waals surface area contributed by atoms with Crippen molar-refractivity contribution in [1.29, 1.82) is 0 Å². The van der Waals surface area contributed by atoms with Gasteiger partial charge in [-0.25, -0.2) is 4.79 Å². The lowest BCUT2D eigenvalue weighted by molar-refractivity contribution is -0.118. The first-order valence-corrected chi connectivity index (χ1v) is 7.97. The number of amides is 1. The molecule has 0 radical (unpaired) electrons. The molecule has 23 heavy (non-hydrogen) atoms. The van der Waals surface area contributed by atoms with Gasteiger partial charge in [-0.1, -0.05) is 60.7 Å². The van der Waals surface area contributed by atoms with Crippen LogP contribution in [0.4, 0.5) is 4.79 Å². The number of alkyl carbamates (subject to hydrolysis) is 1. The summed E-state index contributed by atoms with van der Waals surface area (Å²) in [4.78, 5) is 23.9. The van der Waals surface area contributed by atoms with Crippen LogP contribution in [0.1, 0.15) is 11.1 Å². The van der Waals surface area contributed by atoms with E-state index in [1.807, 2.05) is 60.7 Å². The highest BCUT2D eigenvalue weighted by molar-refractivity contribution is 7.81. The number of ketones is 1. The zero-order valence-electron chi connectivity index (χ0n) is 12.6. The first-order chi connectivity index (χ1) is 11.2. The lowest BCUT2D eigenvalue weighted by Crippen LogP contribution is -2.43. The molecule has 1 atom stereocenters. The minimum atomic E-state index is -0.641. The molecule has 0 saturated carbocycles. The van der Waals surface area contributed by atoms with Gasteiger partial charge >= 0.3 is 6.09 Å². The van der Waals surface area contributed by atoms with Gasteiger partial charge in [0.2, 0.25) is 0 Å². The summed E-state index contributed by atoms with van der Waals surface area (Å²) in [6.45, 7) is 0.166. The first-order valence-electron chi connectivity index (χ1n) is 7.33. The quantitative estimate of drug-likeness (QED) is 0.768. The molecule has 2 aromatic rings. The number of carbonyl (C=O) groups excluding carboxylic acids is 2. The summed E-state index contributed by atoms with van der Waals surface area (Å²) in [5.74, 6) is -0.0786. The van der Waals surface area contributed by atoms with Crippen LogP contribution in [-0.4, -0.2) is 23.7 Å². The SMILES string of the molecule is O=C(N[C@@H](Cc1ccccc1)C(=O)CS)OCc1ccccc1. The molecule has 0 bridgehead atoms. The number of Topliss-reactive ketones (excluding diaryl/α,β-unsaturated/α-hetero) is 1. The summed E-state index contributed by atoms with van der Waals surface area (Å²) in [5.41, 5.74) is 1.86. The third-order valence-corrected chi connectivity index (χ3v) is 3.64. The van der Waals surface area contributed by atoms with Crippen molar-refractivity contribution in [2.24, 2.45) is 0 Å². The molecule has 0 aromatic heterocycles. The van der Waals surface area contributed by atoms with Gasteiger partial charge in [-0.3, -0.25) is 4.79 Å². The molecule has 1 amide bonds. The summed E-state index contributed by atoms with van der Waals surface area (Å²) in [5, 5.41) is 2.63. The van der Waals surface area contributed by atoms with E-state index >= 15 is 0 Å². The van der Waals surface area contributed by atoms with Crippen LogP contribution in [0.25, 0.3) is 0 Å². The van der Waals surface area contributed by atoms with Crippen molar-refractivity contribution in [3.05, 3.63) is 71.8 Å². The van der Waals surface area contributed by atoms with Crippen LogP contribution in [0.15, 0.2) is 60.7 Å². The van der Waals surface area contributed by atoms with Crippen molar-refractivity contribution in [1.82, 2.24) is 5.32 Å². The Balaban J connectivity index is 1.91. The van der Waals surface area contributed by atoms with Crippen LogP contribution in [0.2, 0.25) is 0 Å². The van der Waals surface area contributed by atoms with Gasteiger partial charge in [-0.05, 0) is 17.5 Å². The predicted octanol–water partition coefficient (Wildman–Crippen LogP) is 3.02. The zero-order chi connectivity index (χ0) is 16.5. The number of rotatable bonds is 7. The Morgan fingerprint density at radius 3 is 2.09 bits per heavy atom. The molecule has 0 heterocycles. The van der Waals surface area contributed by atoms with Gasteiger partial charge in [0.1, 0.15) is 6.61 Å². The maximum Gasteiger partial charge on any atom is 0.408 e. The Morgan fingerprint density at radius 1 is 0.957 bits per heavy atom. The Bertz CT molecular complexity index is 631. The molecule has 0 aliphatic rings. The van der Waals surface area contributed by atoms with E-state index in [0.717, 1.165) is 11.1 Å². The van der Waals surface area contributed by atoms with Crippen molar-refractivity contribution in [3.8, 4) is 0 Å². The minimum Gasteiger partial charge on any atom is -0.445 e. The zero-order valence-corrected chi connectivity index (χ0v) is 13.5. The smallest absolute Gasteiger partial charge is 0.408 e. The monoisotopic (exact) mass is 329 g/mol. The Kier molecular flexibility index (Phi) is 6.69. The van der Waals surface area contributed by atoms with Crippen LogP contribution in [0, 0.1) is 0 Å². The van der Waals surface area contributed by atoms with E-state index in [1.54, 1.807) is 0 Å². The molecule has 0 aliphatic heterocycles. The van der Waals surface area contributed by atoms with E-state index in [2.05, 4.69) is 17.9 Å². The van der Waals surface area contributed by atoms with E-state index in [4.69, 9.17) is 4.74 Å². The largest absolute Gasteiger partial charge is 0.445 e. The van der Waals surface area contributed by atoms with Crippen LogP contribution < -0.4 is 5.32 Å². The van der Waals surface area contributed by atoms with Gasteiger partial charge < -0.3 is 10.1 Å². The maximum absolute atomic E-state index is 12.0. The predicted molar refractivity (Wildman–Crippen MR) is 92.6 cm³/mol. The molecule has 1 N–H and O–H groups in total. The number of thiol groups is 1. The minimum absolute atomic E-state index is 0.0659. The third-order valence-electron chi connectivity index (χ3n) is 3.33. The summed E-state index contributed by atoms with van der Waals surface area (Å²) >= 11 is 4.01. The molecule has 0 aliphatic carbocycles. The van der Waals surface area contributed by atoms with Gasteiger partial charge in [-0.15, -0.1) is 0 Å². The lowest BCUT2D eigenvalue weighted by atomic mass is 10.0. The molecule has 0 saturated heterocycles. The van der Waals surface area contributed by atoms with Crippen molar-refractivity contribution in [3.63, 3.8) is 0 Å². The number of nitrogens with one attached hydrogen (secondary N) is 1. The molecule has 2 rings (SSSR count). The summed E-state index contributed by atoms with van der Waals surface area (Å²) < 4.78 is 5.16. The van der Waals surface area contributed by atoms with Crippen molar-refractivity contribution in [2.45, 2.75) is 19.1 Å². The maximum atomic E-state index is 12.0.